The minimum atomic E-state index is -3.64. The van der Waals surface area contributed by atoms with Gasteiger partial charge in [0.2, 0.25) is 10.0 Å². The van der Waals surface area contributed by atoms with Crippen molar-refractivity contribution in [2.75, 3.05) is 5.01 Å². The van der Waals surface area contributed by atoms with Gasteiger partial charge < -0.3 is 0 Å². The van der Waals surface area contributed by atoms with Gasteiger partial charge in [0.15, 0.2) is 0 Å². The van der Waals surface area contributed by atoms with Crippen molar-refractivity contribution in [3.8, 4) is 0 Å². The van der Waals surface area contributed by atoms with Crippen LogP contribution in [0.4, 0.5) is 5.69 Å². The number of rotatable bonds is 8. The minimum absolute atomic E-state index is 0.00280. The first-order valence-corrected chi connectivity index (χ1v) is 11.7. The minimum Gasteiger partial charge on any atom is -0.281 e. The van der Waals surface area contributed by atoms with E-state index in [0.717, 1.165) is 24.1 Å². The fourth-order valence-corrected chi connectivity index (χ4v) is 4.58. The van der Waals surface area contributed by atoms with Crippen LogP contribution in [0.2, 0.25) is 0 Å². The van der Waals surface area contributed by atoms with Gasteiger partial charge in [-0.25, -0.2) is 13.1 Å². The molecule has 2 N–H and O–H groups in total. The molecule has 160 valence electrons. The monoisotopic (exact) mass is 435 g/mol. The van der Waals surface area contributed by atoms with Gasteiger partial charge in [-0.05, 0) is 55.2 Å². The van der Waals surface area contributed by atoms with Gasteiger partial charge in [0, 0.05) is 11.6 Å². The highest BCUT2D eigenvalue weighted by Gasteiger charge is 2.28. The first-order valence-electron chi connectivity index (χ1n) is 10.2. The molecule has 0 heterocycles. The number of para-hydroxylation sites is 1. The predicted octanol–water partition coefficient (Wildman–Crippen LogP) is 3.79. The van der Waals surface area contributed by atoms with Crippen molar-refractivity contribution in [1.29, 1.82) is 0 Å². The molecule has 0 spiro atoms. The Morgan fingerprint density at radius 2 is 1.61 bits per heavy atom. The lowest BCUT2D eigenvalue weighted by Gasteiger charge is -2.26. The third-order valence-electron chi connectivity index (χ3n) is 5.15. The number of carbonyl (C=O) groups is 1. The maximum absolute atomic E-state index is 13.2. The summed E-state index contributed by atoms with van der Waals surface area (Å²) in [6, 6.07) is 24.0. The van der Waals surface area contributed by atoms with Crippen molar-refractivity contribution in [3.05, 3.63) is 95.6 Å². The Morgan fingerprint density at radius 3 is 2.26 bits per heavy atom. The van der Waals surface area contributed by atoms with Crippen LogP contribution in [0.15, 0.2) is 83.8 Å². The van der Waals surface area contributed by atoms with E-state index >= 15 is 0 Å². The van der Waals surface area contributed by atoms with Gasteiger partial charge in [-0.2, -0.15) is 0 Å². The van der Waals surface area contributed by atoms with Crippen LogP contribution in [0, 0.1) is 6.92 Å². The summed E-state index contributed by atoms with van der Waals surface area (Å²) in [5.74, 6) is -0.360. The van der Waals surface area contributed by atoms with Crippen LogP contribution in [-0.4, -0.2) is 20.4 Å². The van der Waals surface area contributed by atoms with E-state index in [0.29, 0.717) is 17.7 Å². The van der Waals surface area contributed by atoms with Gasteiger partial charge in [-0.1, -0.05) is 54.6 Å². The maximum Gasteiger partial charge on any atom is 0.270 e. The largest absolute Gasteiger partial charge is 0.281 e. The van der Waals surface area contributed by atoms with Gasteiger partial charge in [0.25, 0.3) is 5.91 Å². The highest BCUT2D eigenvalue weighted by molar-refractivity contribution is 7.89. The van der Waals surface area contributed by atoms with Crippen LogP contribution in [0.5, 0.6) is 0 Å². The summed E-state index contributed by atoms with van der Waals surface area (Å²) in [7, 11) is -3.64. The molecule has 0 unspecified atom stereocenters. The molecular weight excluding hydrogens is 410 g/mol. The summed E-state index contributed by atoms with van der Waals surface area (Å²) in [4.78, 5) is 13.3. The summed E-state index contributed by atoms with van der Waals surface area (Å²) in [5.41, 5.74) is 5.85. The van der Waals surface area contributed by atoms with Crippen molar-refractivity contribution < 1.29 is 13.2 Å². The summed E-state index contributed by atoms with van der Waals surface area (Å²) in [5, 5.41) is 1.76. The van der Waals surface area contributed by atoms with Crippen molar-refractivity contribution in [1.82, 2.24) is 10.1 Å². The van der Waals surface area contributed by atoms with Crippen molar-refractivity contribution in [3.63, 3.8) is 0 Å². The number of amides is 1. The number of sulfonamides is 1. The van der Waals surface area contributed by atoms with Crippen molar-refractivity contribution in [2.24, 2.45) is 0 Å². The SMILES string of the molecule is Cc1ccc(S(=O)(=O)NC2CC2)cc1C(=O)NN(Cc1ccccc1)c1ccccc1. The number of hydrogen-bond acceptors (Lipinski definition) is 4. The molecular formula is C24H25N3O3S. The average molecular weight is 436 g/mol. The molecule has 4 rings (SSSR count). The number of nitrogens with one attached hydrogen (secondary N) is 2. The quantitative estimate of drug-likeness (QED) is 0.528. The Labute approximate surface area is 182 Å². The average Bonchev–Trinajstić information content (AvgIpc) is 3.58. The molecule has 31 heavy (non-hydrogen) atoms. The van der Waals surface area contributed by atoms with E-state index in [1.54, 1.807) is 18.0 Å². The normalized spacial score (nSPS) is 13.6. The molecule has 1 aliphatic rings. The van der Waals surface area contributed by atoms with Gasteiger partial charge in [-0.15, -0.1) is 0 Å². The zero-order valence-electron chi connectivity index (χ0n) is 17.3. The molecule has 0 aliphatic heterocycles. The zero-order valence-corrected chi connectivity index (χ0v) is 18.1. The Kier molecular flexibility index (Phi) is 6.06. The zero-order chi connectivity index (χ0) is 21.8. The number of carbonyl (C=O) groups excluding carboxylic acids is 1. The highest BCUT2D eigenvalue weighted by Crippen LogP contribution is 2.23. The molecule has 6 nitrogen and oxygen atoms in total. The number of hydrogen-bond donors (Lipinski definition) is 2. The molecule has 0 aromatic heterocycles. The molecule has 1 saturated carbocycles. The second-order valence-electron chi connectivity index (χ2n) is 7.72. The fraction of sp³-hybridized carbons (Fsp3) is 0.208. The van der Waals surface area contributed by atoms with Crippen LogP contribution in [-0.2, 0) is 16.6 Å². The number of nitrogens with zero attached hydrogens (tertiary/aromatic N) is 1. The Balaban J connectivity index is 1.60. The highest BCUT2D eigenvalue weighted by atomic mass is 32.2. The van der Waals surface area contributed by atoms with Crippen LogP contribution in [0.3, 0.4) is 0 Å². The maximum atomic E-state index is 13.2. The summed E-state index contributed by atoms with van der Waals surface area (Å²) >= 11 is 0. The van der Waals surface area contributed by atoms with E-state index in [9.17, 15) is 13.2 Å². The standard InChI is InChI=1S/C24H25N3O3S/c1-18-12-15-22(31(29,30)26-20-13-14-20)16-23(18)24(28)25-27(21-10-6-3-7-11-21)17-19-8-4-2-5-9-19/h2-12,15-16,20,26H,13-14,17H2,1H3,(H,25,28). The number of aryl methyl sites for hydroxylation is 1. The first-order chi connectivity index (χ1) is 14.9. The summed E-state index contributed by atoms with van der Waals surface area (Å²) < 4.78 is 27.9. The topological polar surface area (TPSA) is 78.5 Å². The second-order valence-corrected chi connectivity index (χ2v) is 9.43. The van der Waals surface area contributed by atoms with Gasteiger partial charge in [0.1, 0.15) is 0 Å². The predicted molar refractivity (Wildman–Crippen MR) is 121 cm³/mol. The number of hydrazine groups is 1. The van der Waals surface area contributed by atoms with E-state index in [-0.39, 0.29) is 16.8 Å². The third-order valence-corrected chi connectivity index (χ3v) is 6.67. The van der Waals surface area contributed by atoms with Gasteiger partial charge >= 0.3 is 0 Å². The molecule has 7 heteroatoms. The molecule has 0 bridgehead atoms. The lowest BCUT2D eigenvalue weighted by atomic mass is 10.1. The van der Waals surface area contributed by atoms with Crippen molar-refractivity contribution >= 4 is 21.6 Å². The lowest BCUT2D eigenvalue weighted by Crippen LogP contribution is -2.42. The molecule has 1 amide bonds. The van der Waals surface area contributed by atoms with Crippen LogP contribution < -0.4 is 15.2 Å². The molecule has 0 saturated heterocycles. The molecule has 3 aromatic carbocycles. The summed E-state index contributed by atoms with van der Waals surface area (Å²) in [6.45, 7) is 2.26. The lowest BCUT2D eigenvalue weighted by molar-refractivity contribution is 0.0947. The van der Waals surface area contributed by atoms with E-state index < -0.39 is 10.0 Å². The van der Waals surface area contributed by atoms with Gasteiger partial charge in [0.05, 0.1) is 17.1 Å². The van der Waals surface area contributed by atoms with E-state index in [1.807, 2.05) is 60.7 Å². The van der Waals surface area contributed by atoms with Crippen molar-refractivity contribution in [2.45, 2.75) is 37.2 Å². The van der Waals surface area contributed by atoms with E-state index in [4.69, 9.17) is 0 Å². The smallest absolute Gasteiger partial charge is 0.270 e. The molecule has 1 aliphatic carbocycles. The molecule has 0 radical (unpaired) electrons. The Hall–Kier alpha value is -3.16. The van der Waals surface area contributed by atoms with Gasteiger partial charge in [-0.3, -0.25) is 15.2 Å². The number of anilines is 1. The second kappa shape index (κ2) is 8.91. The fourth-order valence-electron chi connectivity index (χ4n) is 3.25. The van der Waals surface area contributed by atoms with Crippen LogP contribution >= 0.6 is 0 Å². The molecule has 3 aromatic rings. The molecule has 1 fully saturated rings. The Bertz CT molecular complexity index is 1160. The number of benzene rings is 3. The summed E-state index contributed by atoms with van der Waals surface area (Å²) in [6.07, 6.45) is 1.70. The first kappa shape index (κ1) is 21.1. The van der Waals surface area contributed by atoms with Crippen LogP contribution in [0.25, 0.3) is 0 Å². The van der Waals surface area contributed by atoms with E-state index in [2.05, 4.69) is 10.1 Å². The Morgan fingerprint density at radius 1 is 0.968 bits per heavy atom. The molecule has 0 atom stereocenters. The van der Waals surface area contributed by atoms with E-state index in [1.165, 1.54) is 12.1 Å². The third kappa shape index (κ3) is 5.31. The van der Waals surface area contributed by atoms with Crippen LogP contribution in [0.1, 0.15) is 34.3 Å².